The van der Waals surface area contributed by atoms with Crippen LogP contribution in [0.15, 0.2) is 24.7 Å². The van der Waals surface area contributed by atoms with E-state index in [0.717, 1.165) is 30.0 Å². The van der Waals surface area contributed by atoms with Crippen molar-refractivity contribution in [1.82, 2.24) is 24.6 Å². The van der Waals surface area contributed by atoms with Crippen LogP contribution in [-0.2, 0) is 13.0 Å². The Balaban J connectivity index is 1.66. The quantitative estimate of drug-likeness (QED) is 0.851. The van der Waals surface area contributed by atoms with E-state index in [2.05, 4.69) is 40.7 Å². The van der Waals surface area contributed by atoms with E-state index in [0.29, 0.717) is 12.0 Å². The molecule has 0 bridgehead atoms. The lowest BCUT2D eigenvalue weighted by Crippen LogP contribution is -2.40. The SMILES string of the molecule is CCn1nccc1-c1cnc(CC2CCCN(C(C)C)C2)cn1. The van der Waals surface area contributed by atoms with Gasteiger partial charge in [-0.1, -0.05) is 0 Å². The number of likely N-dealkylation sites (tertiary alicyclic amines) is 1. The molecule has 0 aromatic carbocycles. The normalized spacial score (nSPS) is 19.4. The number of aromatic nitrogens is 4. The van der Waals surface area contributed by atoms with Gasteiger partial charge < -0.3 is 4.90 Å². The number of rotatable bonds is 5. The molecule has 1 fully saturated rings. The van der Waals surface area contributed by atoms with E-state index in [-0.39, 0.29) is 0 Å². The molecular formula is C18H27N5. The first-order valence-electron chi connectivity index (χ1n) is 8.74. The molecule has 2 aromatic heterocycles. The number of hydrogen-bond donors (Lipinski definition) is 0. The second-order valence-corrected chi connectivity index (χ2v) is 6.73. The first-order valence-corrected chi connectivity index (χ1v) is 8.74. The van der Waals surface area contributed by atoms with Crippen LogP contribution in [0.2, 0.25) is 0 Å². The monoisotopic (exact) mass is 313 g/mol. The van der Waals surface area contributed by atoms with Gasteiger partial charge in [-0.3, -0.25) is 14.6 Å². The van der Waals surface area contributed by atoms with Gasteiger partial charge in [0.05, 0.1) is 17.6 Å². The summed E-state index contributed by atoms with van der Waals surface area (Å²) in [4.78, 5) is 11.8. The van der Waals surface area contributed by atoms with Gasteiger partial charge in [-0.2, -0.15) is 5.10 Å². The van der Waals surface area contributed by atoms with Crippen LogP contribution in [0.1, 0.15) is 39.3 Å². The Morgan fingerprint density at radius 2 is 2.13 bits per heavy atom. The van der Waals surface area contributed by atoms with E-state index in [4.69, 9.17) is 0 Å². The zero-order valence-electron chi connectivity index (χ0n) is 14.4. The first kappa shape index (κ1) is 16.1. The van der Waals surface area contributed by atoms with Crippen molar-refractivity contribution in [2.75, 3.05) is 13.1 Å². The Labute approximate surface area is 138 Å². The molecule has 0 amide bonds. The summed E-state index contributed by atoms with van der Waals surface area (Å²) in [5, 5.41) is 4.30. The smallest absolute Gasteiger partial charge is 0.107 e. The summed E-state index contributed by atoms with van der Waals surface area (Å²) in [6.45, 7) is 9.92. The van der Waals surface area contributed by atoms with E-state index in [9.17, 15) is 0 Å². The molecule has 0 spiro atoms. The van der Waals surface area contributed by atoms with Gasteiger partial charge in [-0.05, 0) is 58.6 Å². The number of nitrogens with zero attached hydrogens (tertiary/aromatic N) is 5. The third kappa shape index (κ3) is 3.78. The molecule has 5 nitrogen and oxygen atoms in total. The molecule has 0 N–H and O–H groups in total. The predicted octanol–water partition coefficient (Wildman–Crippen LogP) is 3.02. The fourth-order valence-corrected chi connectivity index (χ4v) is 3.42. The van der Waals surface area contributed by atoms with E-state index < -0.39 is 0 Å². The molecule has 3 rings (SSSR count). The van der Waals surface area contributed by atoms with Gasteiger partial charge in [0, 0.05) is 31.5 Å². The number of aryl methyl sites for hydroxylation is 1. The first-order chi connectivity index (χ1) is 11.2. The number of hydrogen-bond acceptors (Lipinski definition) is 4. The van der Waals surface area contributed by atoms with Gasteiger partial charge in [0.25, 0.3) is 0 Å². The molecule has 1 atom stereocenters. The van der Waals surface area contributed by atoms with Crippen LogP contribution in [0, 0.1) is 5.92 Å². The van der Waals surface area contributed by atoms with Gasteiger partial charge in [-0.15, -0.1) is 0 Å². The Morgan fingerprint density at radius 1 is 1.26 bits per heavy atom. The van der Waals surface area contributed by atoms with Crippen LogP contribution in [0.25, 0.3) is 11.4 Å². The zero-order chi connectivity index (χ0) is 16.2. The van der Waals surface area contributed by atoms with Crippen molar-refractivity contribution < 1.29 is 0 Å². The summed E-state index contributed by atoms with van der Waals surface area (Å²) in [6.07, 6.45) is 9.28. The summed E-state index contributed by atoms with van der Waals surface area (Å²) in [5.74, 6) is 0.701. The van der Waals surface area contributed by atoms with Crippen LogP contribution in [-0.4, -0.2) is 43.8 Å². The Bertz CT molecular complexity index is 617. The van der Waals surface area contributed by atoms with Crippen molar-refractivity contribution in [2.45, 2.75) is 52.6 Å². The molecule has 1 unspecified atom stereocenters. The maximum atomic E-state index is 4.65. The molecule has 2 aromatic rings. The standard InChI is InChI=1S/C18H27N5/c1-4-23-18(7-8-21-23)17-12-19-16(11-20-17)10-15-6-5-9-22(13-15)14(2)3/h7-8,11-12,14-15H,4-6,9-10,13H2,1-3H3. The Hall–Kier alpha value is -1.75. The lowest BCUT2D eigenvalue weighted by Gasteiger charge is -2.35. The van der Waals surface area contributed by atoms with Crippen molar-refractivity contribution in [3.8, 4) is 11.4 Å². The second-order valence-electron chi connectivity index (χ2n) is 6.73. The van der Waals surface area contributed by atoms with Gasteiger partial charge in [0.1, 0.15) is 5.69 Å². The molecule has 1 saturated heterocycles. The minimum absolute atomic E-state index is 0.639. The zero-order valence-corrected chi connectivity index (χ0v) is 14.4. The average molecular weight is 313 g/mol. The van der Waals surface area contributed by atoms with Crippen molar-refractivity contribution >= 4 is 0 Å². The lowest BCUT2D eigenvalue weighted by molar-refractivity contribution is 0.139. The maximum Gasteiger partial charge on any atom is 0.107 e. The fourth-order valence-electron chi connectivity index (χ4n) is 3.42. The topological polar surface area (TPSA) is 46.8 Å². The number of piperidine rings is 1. The summed E-state index contributed by atoms with van der Waals surface area (Å²) in [6, 6.07) is 2.63. The summed E-state index contributed by atoms with van der Waals surface area (Å²) in [7, 11) is 0. The maximum absolute atomic E-state index is 4.65. The van der Waals surface area contributed by atoms with Gasteiger partial charge in [-0.25, -0.2) is 0 Å². The van der Waals surface area contributed by atoms with Crippen LogP contribution in [0.5, 0.6) is 0 Å². The largest absolute Gasteiger partial charge is 0.301 e. The fraction of sp³-hybridized carbons (Fsp3) is 0.611. The van der Waals surface area contributed by atoms with E-state index >= 15 is 0 Å². The predicted molar refractivity (Wildman–Crippen MR) is 92.1 cm³/mol. The van der Waals surface area contributed by atoms with Crippen molar-refractivity contribution in [3.05, 3.63) is 30.4 Å². The summed E-state index contributed by atoms with van der Waals surface area (Å²) >= 11 is 0. The highest BCUT2D eigenvalue weighted by atomic mass is 15.3. The third-order valence-electron chi connectivity index (χ3n) is 4.76. The second kappa shape index (κ2) is 7.21. The Morgan fingerprint density at radius 3 is 2.83 bits per heavy atom. The Kier molecular flexibility index (Phi) is 5.06. The highest BCUT2D eigenvalue weighted by molar-refractivity contribution is 5.52. The molecule has 0 saturated carbocycles. The summed E-state index contributed by atoms with van der Waals surface area (Å²) < 4.78 is 1.95. The lowest BCUT2D eigenvalue weighted by atomic mass is 9.93. The molecule has 5 heteroatoms. The highest BCUT2D eigenvalue weighted by Gasteiger charge is 2.22. The third-order valence-corrected chi connectivity index (χ3v) is 4.76. The molecule has 1 aliphatic rings. The highest BCUT2D eigenvalue weighted by Crippen LogP contribution is 2.22. The molecule has 0 radical (unpaired) electrons. The minimum Gasteiger partial charge on any atom is -0.301 e. The van der Waals surface area contributed by atoms with E-state index in [1.165, 1.54) is 25.9 Å². The average Bonchev–Trinajstić information content (AvgIpc) is 3.04. The molecule has 1 aliphatic heterocycles. The molecule has 23 heavy (non-hydrogen) atoms. The van der Waals surface area contributed by atoms with Crippen molar-refractivity contribution in [3.63, 3.8) is 0 Å². The minimum atomic E-state index is 0.639. The van der Waals surface area contributed by atoms with E-state index in [1.807, 2.05) is 29.3 Å². The van der Waals surface area contributed by atoms with Crippen LogP contribution >= 0.6 is 0 Å². The molecule has 124 valence electrons. The molecule has 0 aliphatic carbocycles. The van der Waals surface area contributed by atoms with Crippen LogP contribution in [0.3, 0.4) is 0 Å². The van der Waals surface area contributed by atoms with Crippen LogP contribution < -0.4 is 0 Å². The van der Waals surface area contributed by atoms with Gasteiger partial charge >= 0.3 is 0 Å². The van der Waals surface area contributed by atoms with Crippen molar-refractivity contribution in [1.29, 1.82) is 0 Å². The van der Waals surface area contributed by atoms with Gasteiger partial charge in [0.2, 0.25) is 0 Å². The van der Waals surface area contributed by atoms with Crippen molar-refractivity contribution in [2.24, 2.45) is 5.92 Å². The van der Waals surface area contributed by atoms with Crippen LogP contribution in [0.4, 0.5) is 0 Å². The molecular weight excluding hydrogens is 286 g/mol. The van der Waals surface area contributed by atoms with E-state index in [1.54, 1.807) is 0 Å². The summed E-state index contributed by atoms with van der Waals surface area (Å²) in [5.41, 5.74) is 3.04. The van der Waals surface area contributed by atoms with Gasteiger partial charge in [0.15, 0.2) is 0 Å². The molecule has 3 heterocycles.